The van der Waals surface area contributed by atoms with Gasteiger partial charge in [-0.1, -0.05) is 0 Å². The number of hydrogen-bond donors (Lipinski definition) is 2. The molecule has 0 aromatic heterocycles. The lowest BCUT2D eigenvalue weighted by molar-refractivity contribution is -0.143. The van der Waals surface area contributed by atoms with Gasteiger partial charge in [0.1, 0.15) is 6.07 Å². The first-order valence-corrected chi connectivity index (χ1v) is 7.58. The molecule has 20 heavy (non-hydrogen) atoms. The highest BCUT2D eigenvalue weighted by Gasteiger charge is 2.51. The molecule has 0 amide bonds. The van der Waals surface area contributed by atoms with Gasteiger partial charge in [-0.05, 0) is 65.2 Å². The predicted molar refractivity (Wildman–Crippen MR) is 78.2 cm³/mol. The summed E-state index contributed by atoms with van der Waals surface area (Å²) in [6.07, 6.45) is 3.17. The Hall–Kier alpha value is -1.54. The quantitative estimate of drug-likeness (QED) is 0.889. The highest BCUT2D eigenvalue weighted by Crippen LogP contribution is 2.49. The van der Waals surface area contributed by atoms with Crippen molar-refractivity contribution in [1.29, 1.82) is 5.26 Å². The number of carboxylic acids is 1. The molecular formula is C15H15BrN2O2. The van der Waals surface area contributed by atoms with E-state index in [1.54, 1.807) is 6.07 Å². The molecule has 2 bridgehead atoms. The lowest BCUT2D eigenvalue weighted by Crippen LogP contribution is -2.39. The second kappa shape index (κ2) is 5.10. The fraction of sp³-hybridized carbons (Fsp3) is 0.467. The van der Waals surface area contributed by atoms with Gasteiger partial charge in [0.25, 0.3) is 0 Å². The lowest BCUT2D eigenvalue weighted by Gasteiger charge is -2.29. The number of anilines is 1. The van der Waals surface area contributed by atoms with Crippen molar-refractivity contribution < 1.29 is 9.90 Å². The van der Waals surface area contributed by atoms with Crippen LogP contribution < -0.4 is 5.32 Å². The Labute approximate surface area is 125 Å². The zero-order valence-corrected chi connectivity index (χ0v) is 12.4. The number of nitrogens with zero attached hydrogens (tertiary/aromatic N) is 1. The fourth-order valence-corrected chi connectivity index (χ4v) is 4.21. The number of rotatable bonds is 3. The fourth-order valence-electron chi connectivity index (χ4n) is 3.74. The summed E-state index contributed by atoms with van der Waals surface area (Å²) in [5, 5.41) is 21.7. The van der Waals surface area contributed by atoms with Gasteiger partial charge in [0.05, 0.1) is 11.5 Å². The van der Waals surface area contributed by atoms with E-state index in [9.17, 15) is 9.90 Å². The van der Waals surface area contributed by atoms with Crippen LogP contribution in [0.2, 0.25) is 0 Å². The number of nitriles is 1. The van der Waals surface area contributed by atoms with Crippen LogP contribution in [-0.2, 0) is 4.79 Å². The third-order valence-electron chi connectivity index (χ3n) is 4.62. The number of fused-ring (bicyclic) bond motifs is 2. The van der Waals surface area contributed by atoms with E-state index in [2.05, 4.69) is 27.3 Å². The Balaban J connectivity index is 1.82. The molecule has 2 aliphatic rings. The molecule has 2 N–H and O–H groups in total. The van der Waals surface area contributed by atoms with E-state index in [-0.39, 0.29) is 12.0 Å². The molecule has 0 aliphatic heterocycles. The summed E-state index contributed by atoms with van der Waals surface area (Å²) in [5.74, 6) is -0.210. The van der Waals surface area contributed by atoms with Crippen molar-refractivity contribution in [2.75, 3.05) is 5.32 Å². The number of carbonyl (C=O) groups is 1. The van der Waals surface area contributed by atoms with Gasteiger partial charge in [-0.25, -0.2) is 0 Å². The Kier molecular flexibility index (Phi) is 3.43. The van der Waals surface area contributed by atoms with Crippen molar-refractivity contribution in [3.05, 3.63) is 28.2 Å². The molecule has 1 aromatic carbocycles. The SMILES string of the molecule is N#Cc1ccc(NC2C3CCC(C3)C2C(=O)O)cc1Br. The average Bonchev–Trinajstić information content (AvgIpc) is 2.99. The van der Waals surface area contributed by atoms with Crippen LogP contribution in [0.1, 0.15) is 24.8 Å². The zero-order valence-electron chi connectivity index (χ0n) is 10.8. The van der Waals surface area contributed by atoms with Gasteiger partial charge in [-0.15, -0.1) is 0 Å². The van der Waals surface area contributed by atoms with Gasteiger partial charge < -0.3 is 10.4 Å². The molecule has 0 spiro atoms. The topological polar surface area (TPSA) is 73.1 Å². The molecule has 4 atom stereocenters. The minimum Gasteiger partial charge on any atom is -0.481 e. The molecule has 2 aliphatic carbocycles. The van der Waals surface area contributed by atoms with E-state index in [0.717, 1.165) is 29.4 Å². The Morgan fingerprint density at radius 2 is 2.15 bits per heavy atom. The molecule has 4 nitrogen and oxygen atoms in total. The van der Waals surface area contributed by atoms with Gasteiger partial charge in [-0.2, -0.15) is 5.26 Å². The predicted octanol–water partition coefficient (Wildman–Crippen LogP) is 3.23. The van der Waals surface area contributed by atoms with Crippen LogP contribution in [0.4, 0.5) is 5.69 Å². The summed E-state index contributed by atoms with van der Waals surface area (Å²) in [4.78, 5) is 11.5. The Morgan fingerprint density at radius 1 is 1.40 bits per heavy atom. The van der Waals surface area contributed by atoms with E-state index in [0.29, 0.717) is 17.4 Å². The van der Waals surface area contributed by atoms with Crippen LogP contribution >= 0.6 is 15.9 Å². The molecule has 2 saturated carbocycles. The van der Waals surface area contributed by atoms with E-state index in [4.69, 9.17) is 5.26 Å². The van der Waals surface area contributed by atoms with E-state index >= 15 is 0 Å². The summed E-state index contributed by atoms with van der Waals surface area (Å²) >= 11 is 3.36. The van der Waals surface area contributed by atoms with Crippen LogP contribution in [0.5, 0.6) is 0 Å². The van der Waals surface area contributed by atoms with E-state index in [1.165, 1.54) is 0 Å². The summed E-state index contributed by atoms with van der Waals surface area (Å²) in [5.41, 5.74) is 1.46. The number of carboxylic acid groups (broad SMARTS) is 1. The van der Waals surface area contributed by atoms with E-state index in [1.807, 2.05) is 12.1 Å². The second-order valence-electron chi connectivity index (χ2n) is 5.67. The molecule has 0 heterocycles. The molecule has 2 fully saturated rings. The number of nitrogens with one attached hydrogen (secondary N) is 1. The number of halogens is 1. The maximum absolute atomic E-state index is 11.5. The van der Waals surface area contributed by atoms with Gasteiger partial charge in [0.15, 0.2) is 0 Å². The van der Waals surface area contributed by atoms with Crippen molar-refractivity contribution in [3.8, 4) is 6.07 Å². The number of aliphatic carboxylic acids is 1. The summed E-state index contributed by atoms with van der Waals surface area (Å²) < 4.78 is 0.736. The number of benzene rings is 1. The smallest absolute Gasteiger partial charge is 0.308 e. The highest BCUT2D eigenvalue weighted by molar-refractivity contribution is 9.10. The summed E-state index contributed by atoms with van der Waals surface area (Å²) in [7, 11) is 0. The Bertz CT molecular complexity index is 596. The number of hydrogen-bond acceptors (Lipinski definition) is 3. The van der Waals surface area contributed by atoms with Crippen molar-refractivity contribution in [2.24, 2.45) is 17.8 Å². The van der Waals surface area contributed by atoms with Crippen molar-refractivity contribution in [2.45, 2.75) is 25.3 Å². The molecule has 3 rings (SSSR count). The lowest BCUT2D eigenvalue weighted by atomic mass is 9.84. The summed E-state index contributed by atoms with van der Waals surface area (Å²) in [6.45, 7) is 0. The molecule has 1 aromatic rings. The maximum Gasteiger partial charge on any atom is 0.308 e. The second-order valence-corrected chi connectivity index (χ2v) is 6.53. The standard InChI is InChI=1S/C15H15BrN2O2/c16-12-6-11(4-3-10(12)7-17)18-14-9-2-1-8(5-9)13(14)15(19)20/h3-4,6,8-9,13-14,18H,1-2,5H2,(H,19,20). The van der Waals surface area contributed by atoms with Crippen LogP contribution in [0.3, 0.4) is 0 Å². The first kappa shape index (κ1) is 13.4. The maximum atomic E-state index is 11.5. The molecular weight excluding hydrogens is 320 g/mol. The molecule has 0 radical (unpaired) electrons. The van der Waals surface area contributed by atoms with Crippen LogP contribution in [0.25, 0.3) is 0 Å². The minimum atomic E-state index is -0.692. The van der Waals surface area contributed by atoms with Gasteiger partial charge in [-0.3, -0.25) is 4.79 Å². The van der Waals surface area contributed by atoms with Crippen LogP contribution in [0, 0.1) is 29.1 Å². The largest absolute Gasteiger partial charge is 0.481 e. The minimum absolute atomic E-state index is 0.00563. The van der Waals surface area contributed by atoms with Crippen LogP contribution in [-0.4, -0.2) is 17.1 Å². The Morgan fingerprint density at radius 3 is 2.80 bits per heavy atom. The first-order chi connectivity index (χ1) is 9.60. The summed E-state index contributed by atoms with van der Waals surface area (Å²) in [6, 6.07) is 7.54. The third kappa shape index (κ3) is 2.18. The molecule has 5 heteroatoms. The van der Waals surface area contributed by atoms with Crippen LogP contribution in [0.15, 0.2) is 22.7 Å². The average molecular weight is 335 g/mol. The molecule has 4 unspecified atom stereocenters. The zero-order chi connectivity index (χ0) is 14.3. The highest BCUT2D eigenvalue weighted by atomic mass is 79.9. The van der Waals surface area contributed by atoms with E-state index < -0.39 is 5.97 Å². The monoisotopic (exact) mass is 334 g/mol. The van der Waals surface area contributed by atoms with Crippen molar-refractivity contribution in [1.82, 2.24) is 0 Å². The normalized spacial score (nSPS) is 31.0. The van der Waals surface area contributed by atoms with Gasteiger partial charge in [0.2, 0.25) is 0 Å². The third-order valence-corrected chi connectivity index (χ3v) is 5.28. The van der Waals surface area contributed by atoms with Crippen molar-refractivity contribution >= 4 is 27.6 Å². The van der Waals surface area contributed by atoms with Gasteiger partial charge in [0, 0.05) is 16.2 Å². The molecule has 104 valence electrons. The van der Waals surface area contributed by atoms with Gasteiger partial charge >= 0.3 is 5.97 Å². The first-order valence-electron chi connectivity index (χ1n) is 6.79. The van der Waals surface area contributed by atoms with Crippen molar-refractivity contribution in [3.63, 3.8) is 0 Å². The molecule has 0 saturated heterocycles.